The molecule has 13 nitrogen and oxygen atoms in total. The van der Waals surface area contributed by atoms with Crippen LogP contribution in [0.4, 0.5) is 5.69 Å². The van der Waals surface area contributed by atoms with Crippen LogP contribution >= 0.6 is 73.1 Å². The summed E-state index contributed by atoms with van der Waals surface area (Å²) >= 11 is 13.9. The number of halogens is 4. The molecule has 0 fully saturated rings. The third kappa shape index (κ3) is 29.9. The van der Waals surface area contributed by atoms with Crippen LogP contribution in [0.15, 0.2) is 258 Å². The van der Waals surface area contributed by atoms with E-state index in [1.54, 1.807) is 10.9 Å². The molecule has 1 atom stereocenters. The highest BCUT2D eigenvalue weighted by molar-refractivity contribution is 9.11. The van der Waals surface area contributed by atoms with Crippen molar-refractivity contribution in [3.05, 3.63) is 342 Å². The molecule has 15 aromatic rings. The zero-order valence-corrected chi connectivity index (χ0v) is 83.2. The van der Waals surface area contributed by atoms with Crippen molar-refractivity contribution >= 4 is 134 Å². The molecule has 1 unspecified atom stereocenters. The van der Waals surface area contributed by atoms with E-state index in [1.165, 1.54) is 91.9 Å². The smallest absolute Gasteiger partial charge is 0.257 e. The Hall–Kier alpha value is -9.58. The highest BCUT2D eigenvalue weighted by Crippen LogP contribution is 2.33. The largest absolute Gasteiger partial charge is 0.501 e. The number of nitrogens with zero attached hydrogens (tertiary/aromatic N) is 9. The van der Waals surface area contributed by atoms with Crippen LogP contribution in [0.1, 0.15) is 192 Å². The number of hydrogen-bond donors (Lipinski definition) is 2. The van der Waals surface area contributed by atoms with E-state index in [4.69, 9.17) is 20.8 Å². The van der Waals surface area contributed by atoms with Gasteiger partial charge in [-0.2, -0.15) is 20.4 Å². The van der Waals surface area contributed by atoms with Crippen LogP contribution in [-0.2, 0) is 34.7 Å². The first kappa shape index (κ1) is 104. The number of aromatic nitrogens is 8. The number of hydrogen-bond acceptors (Lipinski definition) is 8. The molecule has 642 valence electrons. The zero-order valence-electron chi connectivity index (χ0n) is 75.7. The third-order valence-electron chi connectivity index (χ3n) is 18.7. The molecule has 0 aliphatic carbocycles. The number of benzene rings is 11. The number of fused-ring (bicyclic) bond motifs is 3. The highest BCUT2D eigenvalue weighted by atomic mass is 79.9. The molecule has 1 aliphatic heterocycles. The van der Waals surface area contributed by atoms with E-state index in [2.05, 4.69) is 321 Å². The van der Waals surface area contributed by atoms with Gasteiger partial charge in [0, 0.05) is 72.2 Å². The summed E-state index contributed by atoms with van der Waals surface area (Å²) in [5.41, 5.74) is 30.2. The van der Waals surface area contributed by atoms with Crippen molar-refractivity contribution in [3.8, 4) is 22.7 Å². The first-order chi connectivity index (χ1) is 58.7. The fraction of sp³-hybridized carbons (Fsp3) is 0.291. The summed E-state index contributed by atoms with van der Waals surface area (Å²) in [6.45, 7) is 48.4. The number of aryl methyl sites for hydroxylation is 10. The minimum atomic E-state index is 0.0396. The quantitative estimate of drug-likeness (QED) is 0.0405. The Balaban J connectivity index is 0.000000296. The fourth-order valence-electron chi connectivity index (χ4n) is 12.4. The van der Waals surface area contributed by atoms with Gasteiger partial charge in [-0.3, -0.25) is 10.6 Å². The monoisotopic (exact) mass is 1900 g/mol. The van der Waals surface area contributed by atoms with E-state index in [9.17, 15) is 4.79 Å². The molecule has 0 saturated carbocycles. The molecule has 0 spiro atoms. The van der Waals surface area contributed by atoms with E-state index in [0.29, 0.717) is 13.2 Å². The Morgan fingerprint density at radius 2 is 0.818 bits per heavy atom. The van der Waals surface area contributed by atoms with Gasteiger partial charge in [-0.05, 0) is 233 Å². The molecule has 4 aromatic heterocycles. The molecule has 18 heteroatoms. The molecule has 11 aromatic carbocycles. The van der Waals surface area contributed by atoms with Gasteiger partial charge in [0.2, 0.25) is 0 Å². The van der Waals surface area contributed by atoms with Crippen LogP contribution in [0.5, 0.6) is 0 Å². The Kier molecular flexibility index (Phi) is 48.2. The predicted molar refractivity (Wildman–Crippen MR) is 542 cm³/mol. The first-order valence-electron chi connectivity index (χ1n) is 42.4. The van der Waals surface area contributed by atoms with Gasteiger partial charge in [0.15, 0.2) is 0 Å². The molecule has 5 heterocycles. The molecule has 3 N–H and O–H groups in total. The minimum absolute atomic E-state index is 0.0396. The molecule has 121 heavy (non-hydrogen) atoms. The number of amides is 1. The number of nitrogens with two attached hydrogens (primary N) is 1. The van der Waals surface area contributed by atoms with Crippen molar-refractivity contribution in [1.29, 1.82) is 0 Å². The topological polar surface area (TPSA) is 139 Å². The van der Waals surface area contributed by atoms with Crippen molar-refractivity contribution in [2.24, 2.45) is 5.84 Å². The fourth-order valence-corrected chi connectivity index (χ4v) is 16.0. The third-order valence-corrected chi connectivity index (χ3v) is 21.8. The van der Waals surface area contributed by atoms with Crippen LogP contribution in [0.3, 0.4) is 0 Å². The minimum Gasteiger partial charge on any atom is -0.501 e. The lowest BCUT2D eigenvalue weighted by atomic mass is 10.1. The number of carbonyl (C=O) groups excluding carboxylic acids is 1. The maximum absolute atomic E-state index is 12.5. The summed E-state index contributed by atoms with van der Waals surface area (Å²) in [5, 5.41) is 25.2. The lowest BCUT2D eigenvalue weighted by Gasteiger charge is -2.14. The lowest BCUT2D eigenvalue weighted by Crippen LogP contribution is -2.21. The summed E-state index contributed by atoms with van der Waals surface area (Å²) in [6, 6.07) is 78.5. The van der Waals surface area contributed by atoms with Crippen LogP contribution < -0.4 is 11.3 Å². The molecule has 1 amide bonds. The Bertz CT molecular complexity index is 5520. The van der Waals surface area contributed by atoms with E-state index in [-0.39, 0.29) is 5.91 Å². The summed E-state index contributed by atoms with van der Waals surface area (Å²) in [4.78, 5) is 12.5. The van der Waals surface area contributed by atoms with E-state index in [0.717, 1.165) is 103 Å². The SMILES string of the molecule is CC.CC.CC.CC.CC.CC.CCOC=Cc1c2c(C)cccc2nn1-c1ccc(C)cc1.CCc1cccc(Br)c1CBr.CCc1cccc2nn(-c3ccc(C)cc3)cc12.Cc1ccc(-n2cc3c(C)cccc3n2)cc1.Cc1ccc(-n2nc3cccc4c3c2CCN(P)C4=O)cc1.Cc1ccc(NN)cc1.Cc1cccc(Br)c1CBr. The Morgan fingerprint density at radius 3 is 1.27 bits per heavy atom. The van der Waals surface area contributed by atoms with Gasteiger partial charge >= 0.3 is 0 Å². The number of ether oxygens (including phenoxy) is 1. The van der Waals surface area contributed by atoms with E-state index >= 15 is 0 Å². The number of hydrazine groups is 1. The second kappa shape index (κ2) is 56.2. The van der Waals surface area contributed by atoms with Crippen LogP contribution in [0, 0.1) is 55.4 Å². The molecule has 0 bridgehead atoms. The van der Waals surface area contributed by atoms with Gasteiger partial charge in [-0.15, -0.1) is 0 Å². The Morgan fingerprint density at radius 1 is 0.430 bits per heavy atom. The maximum atomic E-state index is 12.5. The molecular formula is C103H130Br4N11O2P. The maximum Gasteiger partial charge on any atom is 0.257 e. The van der Waals surface area contributed by atoms with Crippen molar-refractivity contribution in [2.75, 3.05) is 18.6 Å². The number of anilines is 1. The van der Waals surface area contributed by atoms with Crippen LogP contribution in [0.2, 0.25) is 0 Å². The molecule has 1 aliphatic rings. The number of carbonyl (C=O) groups is 1. The number of nitrogens with one attached hydrogen (secondary N) is 1. The van der Waals surface area contributed by atoms with Gasteiger partial charge in [0.25, 0.3) is 5.91 Å². The zero-order chi connectivity index (χ0) is 89.7. The van der Waals surface area contributed by atoms with Gasteiger partial charge in [-0.25, -0.2) is 18.7 Å². The van der Waals surface area contributed by atoms with Gasteiger partial charge in [0.05, 0.1) is 74.6 Å². The summed E-state index contributed by atoms with van der Waals surface area (Å²) in [6.07, 6.45) is 10.9. The highest BCUT2D eigenvalue weighted by Gasteiger charge is 2.26. The molecule has 0 radical (unpaired) electrons. The molecule has 0 saturated heterocycles. The number of alkyl halides is 2. The van der Waals surface area contributed by atoms with Crippen molar-refractivity contribution in [1.82, 2.24) is 43.8 Å². The second-order valence-corrected chi connectivity index (χ2v) is 30.0. The average Bonchev–Trinajstić information content (AvgIpc) is 1.61. The molecular weight excluding hydrogens is 1770 g/mol. The summed E-state index contributed by atoms with van der Waals surface area (Å²) in [5.74, 6) is 5.19. The van der Waals surface area contributed by atoms with E-state index in [1.807, 2.05) is 195 Å². The van der Waals surface area contributed by atoms with E-state index < -0.39 is 0 Å². The normalized spacial score (nSPS) is 10.6. The van der Waals surface area contributed by atoms with Crippen molar-refractivity contribution in [2.45, 2.75) is 189 Å². The van der Waals surface area contributed by atoms with Crippen molar-refractivity contribution < 1.29 is 9.53 Å². The lowest BCUT2D eigenvalue weighted by molar-refractivity contribution is 0.0875. The van der Waals surface area contributed by atoms with Crippen LogP contribution in [-0.4, -0.2) is 62.9 Å². The second-order valence-electron chi connectivity index (χ2n) is 26.6. The van der Waals surface area contributed by atoms with Gasteiger partial charge in [-0.1, -0.05) is 316 Å². The average molecular weight is 1900 g/mol. The molecule has 16 rings (SSSR count). The van der Waals surface area contributed by atoms with Crippen LogP contribution in [0.25, 0.3) is 72.4 Å². The Labute approximate surface area is 759 Å². The van der Waals surface area contributed by atoms with Crippen molar-refractivity contribution in [3.63, 3.8) is 0 Å². The standard InChI is InChI=1S/C19H20N2O.C17H16N3OP.C16H16N2.C15H14N2.C9H10Br2.C8H8Br2.C7H10N2.6C2H6/c1-4-22-13-12-18-19-15(3)6-5-7-17(19)20-21(18)16-10-8-14(2)9-11-16;1-11-5-7-12(8-6-11)20-15-9-10-19(22)17(21)13-3-2-4-14(18-20)16(13)15;1-3-13-5-4-6-16-15(13)11-18(17-16)14-9-7-12(2)8-10-14;1-11-6-8-13(9-7-11)17-10-14-12(2)4-3-5-15(14)16-17;1-2-7-4-3-5-9(11)8(7)6-10;1-6-3-2-4-8(10)7(6)5-9;1-6-2-4-7(9-8)5-3-6;6*1-2/h5-13H,4H2,1-3H3;2-8H,9-10,22H2,1H3;4-11H,3H2,1-2H3;3-10H,1-2H3;3-5H,2,6H2,1H3;2-4H,5H2,1H3;2-5,9H,8H2,1H3;6*1-2H3. The summed E-state index contributed by atoms with van der Waals surface area (Å²) in [7, 11) is 2.52. The number of nitrogen functional groups attached to an aromatic ring is 1. The summed E-state index contributed by atoms with van der Waals surface area (Å²) < 4.78 is 17.3. The predicted octanol–water partition coefficient (Wildman–Crippen LogP) is 30.3. The van der Waals surface area contributed by atoms with Gasteiger partial charge in [0.1, 0.15) is 0 Å². The number of rotatable bonds is 12. The first-order valence-corrected chi connectivity index (χ1v) is 46.8. The van der Waals surface area contributed by atoms with Gasteiger partial charge < -0.3 is 14.8 Å².